The zero-order chi connectivity index (χ0) is 13.1. The van der Waals surface area contributed by atoms with E-state index >= 15 is 0 Å². The van der Waals surface area contributed by atoms with Crippen molar-refractivity contribution in [1.82, 2.24) is 15.2 Å². The second-order valence-electron chi connectivity index (χ2n) is 3.87. The molecule has 0 aliphatic heterocycles. The Morgan fingerprint density at radius 2 is 2.06 bits per heavy atom. The van der Waals surface area contributed by atoms with Crippen molar-refractivity contribution in [1.29, 1.82) is 0 Å². The number of nitrogens with two attached hydrogens (primary N) is 1. The summed E-state index contributed by atoms with van der Waals surface area (Å²) < 4.78 is 19.8. The average Bonchev–Trinajstić information content (AvgIpc) is 2.74. The molecule has 0 aliphatic carbocycles. The van der Waals surface area contributed by atoms with E-state index in [0.29, 0.717) is 5.75 Å². The molecule has 96 valence electrons. The maximum atomic E-state index is 12.9. The van der Waals surface area contributed by atoms with Crippen molar-refractivity contribution in [2.45, 2.75) is 6.04 Å². The van der Waals surface area contributed by atoms with Gasteiger partial charge in [0.1, 0.15) is 11.5 Å². The highest BCUT2D eigenvalue weighted by Gasteiger charge is 2.21. The highest BCUT2D eigenvalue weighted by Crippen LogP contribution is 2.28. The quantitative estimate of drug-likeness (QED) is 0.630. The number of nitrogens with zero attached hydrogens (tertiary/aromatic N) is 2. The molecule has 0 spiro atoms. The summed E-state index contributed by atoms with van der Waals surface area (Å²) >= 11 is 0. The van der Waals surface area contributed by atoms with Crippen molar-refractivity contribution < 1.29 is 9.13 Å². The monoisotopic (exact) mass is 250 g/mol. The van der Waals surface area contributed by atoms with Crippen LogP contribution in [0.3, 0.4) is 0 Å². The first-order valence-electron chi connectivity index (χ1n) is 5.45. The standard InChI is InChI=1S/C12H15FN4O/c1-17-12(10(18-2)7-15-17)11(16-14)8-3-5-9(13)6-4-8/h3-7,11,16H,14H2,1-2H3. The van der Waals surface area contributed by atoms with Crippen molar-refractivity contribution >= 4 is 0 Å². The number of hydrogen-bond donors (Lipinski definition) is 2. The van der Waals surface area contributed by atoms with Crippen LogP contribution in [0.25, 0.3) is 0 Å². The van der Waals surface area contributed by atoms with Crippen molar-refractivity contribution in [3.05, 3.63) is 47.5 Å². The lowest BCUT2D eigenvalue weighted by Crippen LogP contribution is -2.30. The smallest absolute Gasteiger partial charge is 0.161 e. The molecule has 0 aliphatic rings. The first-order chi connectivity index (χ1) is 8.67. The summed E-state index contributed by atoms with van der Waals surface area (Å²) in [6, 6.07) is 5.82. The van der Waals surface area contributed by atoms with Crippen LogP contribution in [0.4, 0.5) is 4.39 Å². The largest absolute Gasteiger partial charge is 0.493 e. The number of methoxy groups -OCH3 is 1. The van der Waals surface area contributed by atoms with E-state index in [0.717, 1.165) is 11.3 Å². The molecule has 0 bridgehead atoms. The third-order valence-corrected chi connectivity index (χ3v) is 2.81. The summed E-state index contributed by atoms with van der Waals surface area (Å²) in [5.41, 5.74) is 4.31. The number of hydrazine groups is 1. The van der Waals surface area contributed by atoms with Crippen molar-refractivity contribution in [3.63, 3.8) is 0 Å². The zero-order valence-corrected chi connectivity index (χ0v) is 10.2. The molecule has 5 nitrogen and oxygen atoms in total. The van der Waals surface area contributed by atoms with Crippen LogP contribution >= 0.6 is 0 Å². The first-order valence-corrected chi connectivity index (χ1v) is 5.45. The maximum absolute atomic E-state index is 12.9. The van der Waals surface area contributed by atoms with E-state index in [1.165, 1.54) is 12.1 Å². The van der Waals surface area contributed by atoms with Gasteiger partial charge in [-0.3, -0.25) is 10.5 Å². The van der Waals surface area contributed by atoms with Crippen LogP contribution < -0.4 is 16.0 Å². The first kappa shape index (κ1) is 12.5. The van der Waals surface area contributed by atoms with E-state index in [4.69, 9.17) is 10.6 Å². The SMILES string of the molecule is COc1cnn(C)c1C(NN)c1ccc(F)cc1. The minimum Gasteiger partial charge on any atom is -0.493 e. The Morgan fingerprint density at radius 1 is 1.39 bits per heavy atom. The number of aryl methyl sites for hydroxylation is 1. The number of halogens is 1. The Morgan fingerprint density at radius 3 is 2.61 bits per heavy atom. The molecule has 1 atom stereocenters. The second-order valence-corrected chi connectivity index (χ2v) is 3.87. The van der Waals surface area contributed by atoms with Gasteiger partial charge >= 0.3 is 0 Å². The molecule has 0 radical (unpaired) electrons. The lowest BCUT2D eigenvalue weighted by Gasteiger charge is -2.18. The van der Waals surface area contributed by atoms with Gasteiger partial charge in [0.2, 0.25) is 0 Å². The van der Waals surface area contributed by atoms with E-state index < -0.39 is 0 Å². The van der Waals surface area contributed by atoms with Crippen molar-refractivity contribution in [2.75, 3.05) is 7.11 Å². The number of rotatable bonds is 4. The van der Waals surface area contributed by atoms with Gasteiger partial charge in [-0.25, -0.2) is 9.82 Å². The molecule has 0 amide bonds. The Bertz CT molecular complexity index is 523. The fourth-order valence-electron chi connectivity index (χ4n) is 1.90. The van der Waals surface area contributed by atoms with E-state index in [9.17, 15) is 4.39 Å². The molecule has 0 saturated heterocycles. The molecule has 1 aromatic heterocycles. The molecule has 6 heteroatoms. The number of ether oxygens (including phenoxy) is 1. The van der Waals surface area contributed by atoms with Gasteiger partial charge < -0.3 is 4.74 Å². The lowest BCUT2D eigenvalue weighted by molar-refractivity contribution is 0.401. The molecule has 1 heterocycles. The van der Waals surface area contributed by atoms with Crippen LogP contribution in [0.5, 0.6) is 5.75 Å². The topological polar surface area (TPSA) is 65.1 Å². The summed E-state index contributed by atoms with van der Waals surface area (Å²) in [5.74, 6) is 5.93. The van der Waals surface area contributed by atoms with Gasteiger partial charge in [0.15, 0.2) is 5.75 Å². The van der Waals surface area contributed by atoms with Crippen LogP contribution in [0.2, 0.25) is 0 Å². The van der Waals surface area contributed by atoms with Crippen molar-refractivity contribution in [2.24, 2.45) is 12.9 Å². The third-order valence-electron chi connectivity index (χ3n) is 2.81. The molecule has 0 fully saturated rings. The second kappa shape index (κ2) is 5.16. The molecule has 2 aromatic rings. The predicted octanol–water partition coefficient (Wildman–Crippen LogP) is 1.12. The molecule has 1 aromatic carbocycles. The minimum atomic E-state index is -0.312. The molecule has 2 rings (SSSR count). The molecule has 0 saturated carbocycles. The predicted molar refractivity (Wildman–Crippen MR) is 65.3 cm³/mol. The van der Waals surface area contributed by atoms with Crippen LogP contribution in [0.1, 0.15) is 17.3 Å². The third kappa shape index (κ3) is 2.20. The summed E-state index contributed by atoms with van der Waals surface area (Å²) in [6.07, 6.45) is 1.61. The number of aromatic nitrogens is 2. The normalized spacial score (nSPS) is 12.4. The molecule has 3 N–H and O–H groups in total. The fraction of sp³-hybridized carbons (Fsp3) is 0.250. The summed E-state index contributed by atoms with van der Waals surface area (Å²) in [5, 5.41) is 4.12. The minimum absolute atomic E-state index is 0.286. The Hall–Kier alpha value is -1.92. The zero-order valence-electron chi connectivity index (χ0n) is 10.2. The van der Waals surface area contributed by atoms with Gasteiger partial charge in [0.05, 0.1) is 19.3 Å². The maximum Gasteiger partial charge on any atom is 0.161 e. The number of nitrogens with one attached hydrogen (secondary N) is 1. The average molecular weight is 250 g/mol. The molecular weight excluding hydrogens is 235 g/mol. The molecule has 18 heavy (non-hydrogen) atoms. The highest BCUT2D eigenvalue weighted by molar-refractivity contribution is 5.36. The molecular formula is C12H15FN4O. The van der Waals surface area contributed by atoms with E-state index in [2.05, 4.69) is 10.5 Å². The van der Waals surface area contributed by atoms with Crippen LogP contribution in [0, 0.1) is 5.82 Å². The van der Waals surface area contributed by atoms with Crippen molar-refractivity contribution in [3.8, 4) is 5.75 Å². The van der Waals surface area contributed by atoms with Gasteiger partial charge in [0, 0.05) is 7.05 Å². The van der Waals surface area contributed by atoms with Crippen LogP contribution in [0.15, 0.2) is 30.5 Å². The van der Waals surface area contributed by atoms with Crippen LogP contribution in [-0.2, 0) is 7.05 Å². The fourth-order valence-corrected chi connectivity index (χ4v) is 1.90. The highest BCUT2D eigenvalue weighted by atomic mass is 19.1. The Labute approximate surface area is 104 Å². The van der Waals surface area contributed by atoms with Gasteiger partial charge in [-0.2, -0.15) is 5.10 Å². The van der Waals surface area contributed by atoms with Gasteiger partial charge in [-0.1, -0.05) is 12.1 Å². The van der Waals surface area contributed by atoms with Gasteiger partial charge in [-0.15, -0.1) is 0 Å². The van der Waals surface area contributed by atoms with E-state index in [1.807, 2.05) is 0 Å². The molecule has 1 unspecified atom stereocenters. The van der Waals surface area contributed by atoms with Gasteiger partial charge in [-0.05, 0) is 17.7 Å². The lowest BCUT2D eigenvalue weighted by atomic mass is 10.0. The summed E-state index contributed by atoms with van der Waals surface area (Å²) in [7, 11) is 3.37. The summed E-state index contributed by atoms with van der Waals surface area (Å²) in [4.78, 5) is 0. The summed E-state index contributed by atoms with van der Waals surface area (Å²) in [6.45, 7) is 0. The van der Waals surface area contributed by atoms with Crippen LogP contribution in [-0.4, -0.2) is 16.9 Å². The van der Waals surface area contributed by atoms with Gasteiger partial charge in [0.25, 0.3) is 0 Å². The Balaban J connectivity index is 2.44. The number of hydrogen-bond acceptors (Lipinski definition) is 4. The van der Waals surface area contributed by atoms with E-state index in [1.54, 1.807) is 37.2 Å². The van der Waals surface area contributed by atoms with E-state index in [-0.39, 0.29) is 11.9 Å². The Kier molecular flexibility index (Phi) is 3.59. The number of benzene rings is 1.